The molecule has 16 heavy (non-hydrogen) atoms. The van der Waals surface area contributed by atoms with Crippen LogP contribution in [-0.2, 0) is 0 Å². The van der Waals surface area contributed by atoms with E-state index in [4.69, 9.17) is 0 Å². The maximum Gasteiger partial charge on any atom is 0.117 e. The summed E-state index contributed by atoms with van der Waals surface area (Å²) in [5, 5.41) is 9.96. The Hall–Kier alpha value is -0.520. The minimum atomic E-state index is -0.372. The van der Waals surface area contributed by atoms with E-state index in [2.05, 4.69) is 16.7 Å². The van der Waals surface area contributed by atoms with Gasteiger partial charge in [-0.3, -0.25) is 4.90 Å². The fraction of sp³-hybridized carbons (Fsp3) is 0.857. The molecule has 0 bridgehead atoms. The maximum absolute atomic E-state index is 9.96. The molecule has 2 nitrogen and oxygen atoms in total. The maximum atomic E-state index is 9.96. The quantitative estimate of drug-likeness (QED) is 0.721. The van der Waals surface area contributed by atoms with Crippen LogP contribution in [0.25, 0.3) is 0 Å². The van der Waals surface area contributed by atoms with Gasteiger partial charge in [0.2, 0.25) is 0 Å². The minimum Gasteiger partial charge on any atom is -0.380 e. The van der Waals surface area contributed by atoms with Crippen molar-refractivity contribution in [3.63, 3.8) is 0 Å². The highest BCUT2D eigenvalue weighted by Crippen LogP contribution is 2.26. The van der Waals surface area contributed by atoms with Crippen LogP contribution >= 0.6 is 0 Å². The highest BCUT2D eigenvalue weighted by Gasteiger charge is 2.19. The van der Waals surface area contributed by atoms with Crippen LogP contribution in [0.4, 0.5) is 0 Å². The van der Waals surface area contributed by atoms with Gasteiger partial charge in [-0.25, -0.2) is 0 Å². The van der Waals surface area contributed by atoms with Gasteiger partial charge in [0.05, 0.1) is 6.54 Å². The van der Waals surface area contributed by atoms with Crippen molar-refractivity contribution in [1.82, 2.24) is 4.90 Å². The van der Waals surface area contributed by atoms with E-state index >= 15 is 0 Å². The smallest absolute Gasteiger partial charge is 0.117 e. The predicted octanol–water partition coefficient (Wildman–Crippen LogP) is 2.03. The third kappa shape index (κ3) is 3.50. The number of hydrogen-bond donors (Lipinski definition) is 1. The van der Waals surface area contributed by atoms with Gasteiger partial charge >= 0.3 is 0 Å². The van der Waals surface area contributed by atoms with Crippen LogP contribution in [0.5, 0.6) is 0 Å². The first-order valence-electron chi connectivity index (χ1n) is 6.75. The molecule has 1 heterocycles. The second kappa shape index (κ2) is 6.27. The predicted molar refractivity (Wildman–Crippen MR) is 66.0 cm³/mol. The first-order chi connectivity index (χ1) is 7.86. The SMILES string of the molecule is OC(C#CCN1CCCC1)C1CCCCC1. The van der Waals surface area contributed by atoms with Crippen LogP contribution in [-0.4, -0.2) is 35.7 Å². The van der Waals surface area contributed by atoms with Crippen LogP contribution < -0.4 is 0 Å². The van der Waals surface area contributed by atoms with Crippen molar-refractivity contribution in [1.29, 1.82) is 0 Å². The molecule has 2 heteroatoms. The molecule has 90 valence electrons. The number of aliphatic hydroxyl groups excluding tert-OH is 1. The lowest BCUT2D eigenvalue weighted by atomic mass is 9.85. The van der Waals surface area contributed by atoms with E-state index in [-0.39, 0.29) is 6.10 Å². The summed E-state index contributed by atoms with van der Waals surface area (Å²) in [5.41, 5.74) is 0. The lowest BCUT2D eigenvalue weighted by molar-refractivity contribution is 0.133. The molecule has 1 unspecified atom stereocenters. The van der Waals surface area contributed by atoms with E-state index in [1.54, 1.807) is 0 Å². The zero-order valence-electron chi connectivity index (χ0n) is 10.1. The van der Waals surface area contributed by atoms with E-state index in [1.165, 1.54) is 58.0 Å². The van der Waals surface area contributed by atoms with Gasteiger partial charge in [0, 0.05) is 0 Å². The van der Waals surface area contributed by atoms with Gasteiger partial charge < -0.3 is 5.11 Å². The Morgan fingerprint density at radius 3 is 2.44 bits per heavy atom. The van der Waals surface area contributed by atoms with E-state index in [0.29, 0.717) is 5.92 Å². The molecule has 0 aromatic heterocycles. The van der Waals surface area contributed by atoms with E-state index in [0.717, 1.165) is 6.54 Å². The number of aliphatic hydroxyl groups is 1. The van der Waals surface area contributed by atoms with Gasteiger partial charge in [0.1, 0.15) is 6.10 Å². The summed E-state index contributed by atoms with van der Waals surface area (Å²) < 4.78 is 0. The third-order valence-electron chi connectivity index (χ3n) is 3.85. The molecule has 1 aliphatic carbocycles. The minimum absolute atomic E-state index is 0.372. The second-order valence-corrected chi connectivity index (χ2v) is 5.15. The molecule has 1 aliphatic heterocycles. The zero-order valence-corrected chi connectivity index (χ0v) is 10.1. The lowest BCUT2D eigenvalue weighted by Gasteiger charge is -2.23. The average molecular weight is 221 g/mol. The van der Waals surface area contributed by atoms with Gasteiger partial charge in [-0.05, 0) is 44.7 Å². The summed E-state index contributed by atoms with van der Waals surface area (Å²) in [6.07, 6.45) is 8.47. The van der Waals surface area contributed by atoms with Gasteiger partial charge in [-0.2, -0.15) is 0 Å². The number of nitrogens with zero attached hydrogens (tertiary/aromatic N) is 1. The average Bonchev–Trinajstić information content (AvgIpc) is 2.83. The van der Waals surface area contributed by atoms with E-state index < -0.39 is 0 Å². The van der Waals surface area contributed by atoms with Crippen molar-refractivity contribution in [3.8, 4) is 11.8 Å². The van der Waals surface area contributed by atoms with Crippen LogP contribution in [0.3, 0.4) is 0 Å². The molecule has 0 aromatic rings. The normalized spacial score (nSPS) is 25.1. The monoisotopic (exact) mass is 221 g/mol. The summed E-state index contributed by atoms with van der Waals surface area (Å²) in [5.74, 6) is 6.64. The van der Waals surface area contributed by atoms with Crippen LogP contribution in [0.2, 0.25) is 0 Å². The number of rotatable bonds is 2. The Kier molecular flexibility index (Phi) is 4.69. The standard InChI is InChI=1S/C14H23NO/c16-14(13-7-2-1-3-8-13)9-6-12-15-10-4-5-11-15/h13-14,16H,1-5,7-8,10-12H2. The molecule has 0 amide bonds. The molecule has 2 fully saturated rings. The molecule has 0 radical (unpaired) electrons. The summed E-state index contributed by atoms with van der Waals surface area (Å²) in [6, 6.07) is 0. The first kappa shape index (κ1) is 12.0. The molecule has 0 spiro atoms. The van der Waals surface area contributed by atoms with Gasteiger partial charge in [-0.15, -0.1) is 0 Å². The fourth-order valence-electron chi connectivity index (χ4n) is 2.77. The molecule has 0 aromatic carbocycles. The van der Waals surface area contributed by atoms with Crippen molar-refractivity contribution < 1.29 is 5.11 Å². The zero-order chi connectivity index (χ0) is 11.2. The summed E-state index contributed by atoms with van der Waals surface area (Å²) >= 11 is 0. The third-order valence-corrected chi connectivity index (χ3v) is 3.85. The highest BCUT2D eigenvalue weighted by atomic mass is 16.3. The van der Waals surface area contributed by atoms with Crippen LogP contribution in [0.1, 0.15) is 44.9 Å². The Balaban J connectivity index is 1.72. The van der Waals surface area contributed by atoms with E-state index in [1.807, 2.05) is 0 Å². The van der Waals surface area contributed by atoms with Crippen LogP contribution in [0.15, 0.2) is 0 Å². The molecule has 1 N–H and O–H groups in total. The van der Waals surface area contributed by atoms with Crippen molar-refractivity contribution in [2.45, 2.75) is 51.0 Å². The summed E-state index contributed by atoms with van der Waals surface area (Å²) in [6.45, 7) is 3.23. The van der Waals surface area contributed by atoms with Crippen molar-refractivity contribution in [2.75, 3.05) is 19.6 Å². The lowest BCUT2D eigenvalue weighted by Crippen LogP contribution is -2.22. The van der Waals surface area contributed by atoms with Crippen LogP contribution in [0, 0.1) is 17.8 Å². The number of hydrogen-bond acceptors (Lipinski definition) is 2. The highest BCUT2D eigenvalue weighted by molar-refractivity contribution is 5.08. The fourth-order valence-corrected chi connectivity index (χ4v) is 2.77. The first-order valence-corrected chi connectivity index (χ1v) is 6.75. The summed E-state index contributed by atoms with van der Waals surface area (Å²) in [7, 11) is 0. The molecule has 1 saturated carbocycles. The van der Waals surface area contributed by atoms with Crippen molar-refractivity contribution >= 4 is 0 Å². The van der Waals surface area contributed by atoms with Gasteiger partial charge in [-0.1, -0.05) is 31.1 Å². The Bertz CT molecular complexity index is 254. The molecule has 1 saturated heterocycles. The summed E-state index contributed by atoms with van der Waals surface area (Å²) in [4.78, 5) is 2.38. The Morgan fingerprint density at radius 2 is 1.75 bits per heavy atom. The van der Waals surface area contributed by atoms with Gasteiger partial charge in [0.15, 0.2) is 0 Å². The molecule has 2 aliphatic rings. The number of likely N-dealkylation sites (tertiary alicyclic amines) is 1. The molecule has 1 atom stereocenters. The molecule has 2 rings (SSSR count). The van der Waals surface area contributed by atoms with E-state index in [9.17, 15) is 5.11 Å². The second-order valence-electron chi connectivity index (χ2n) is 5.15. The Morgan fingerprint density at radius 1 is 1.06 bits per heavy atom. The van der Waals surface area contributed by atoms with Gasteiger partial charge in [0.25, 0.3) is 0 Å². The van der Waals surface area contributed by atoms with Crippen molar-refractivity contribution in [2.24, 2.45) is 5.92 Å². The Labute approximate surface area is 99.0 Å². The van der Waals surface area contributed by atoms with Crippen molar-refractivity contribution in [3.05, 3.63) is 0 Å². The molecular weight excluding hydrogens is 198 g/mol. The molecular formula is C14H23NO. The topological polar surface area (TPSA) is 23.5 Å². The largest absolute Gasteiger partial charge is 0.380 e.